The highest BCUT2D eigenvalue weighted by atomic mass is 19.4. The van der Waals surface area contributed by atoms with E-state index < -0.39 is 24.7 Å². The molecule has 0 spiro atoms. The predicted octanol–water partition coefficient (Wildman–Crippen LogP) is 5.26. The van der Waals surface area contributed by atoms with Gasteiger partial charge in [-0.25, -0.2) is 0 Å². The Kier molecular flexibility index (Phi) is 6.67. The highest BCUT2D eigenvalue weighted by Gasteiger charge is 2.32. The summed E-state index contributed by atoms with van der Waals surface area (Å²) in [5.41, 5.74) is 1.45. The zero-order valence-corrected chi connectivity index (χ0v) is 16.1. The van der Waals surface area contributed by atoms with E-state index in [0.717, 1.165) is 18.4 Å². The highest BCUT2D eigenvalue weighted by Crippen LogP contribution is 2.40. The first-order valence-electron chi connectivity index (χ1n) is 9.43. The number of carbonyl (C=O) groups is 1. The van der Waals surface area contributed by atoms with E-state index in [4.69, 9.17) is 14.2 Å². The van der Waals surface area contributed by atoms with Gasteiger partial charge in [-0.15, -0.1) is 0 Å². The lowest BCUT2D eigenvalue weighted by Crippen LogP contribution is -2.20. The van der Waals surface area contributed by atoms with Crippen LogP contribution in [0.2, 0.25) is 0 Å². The van der Waals surface area contributed by atoms with Crippen LogP contribution in [0.25, 0.3) is 0 Å². The van der Waals surface area contributed by atoms with Crippen molar-refractivity contribution in [2.75, 3.05) is 13.7 Å². The van der Waals surface area contributed by atoms with E-state index in [9.17, 15) is 18.0 Å². The van der Waals surface area contributed by atoms with E-state index >= 15 is 0 Å². The van der Waals surface area contributed by atoms with Crippen LogP contribution in [-0.4, -0.2) is 25.9 Å². The van der Waals surface area contributed by atoms with Gasteiger partial charge in [0.1, 0.15) is 18.1 Å². The average Bonchev–Trinajstić information content (AvgIpc) is 3.53. The maximum absolute atomic E-state index is 12.6. The monoisotopic (exact) mass is 408 g/mol. The second-order valence-corrected chi connectivity index (χ2v) is 7.17. The molecular formula is C22H23F3O4. The number of hydrogen-bond acceptors (Lipinski definition) is 4. The third kappa shape index (κ3) is 6.69. The smallest absolute Gasteiger partial charge is 0.422 e. The topological polar surface area (TPSA) is 44.8 Å². The molecule has 2 aromatic rings. The first-order chi connectivity index (χ1) is 13.8. The minimum Gasteiger partial charge on any atom is -0.489 e. The minimum atomic E-state index is -4.46. The van der Waals surface area contributed by atoms with Crippen molar-refractivity contribution in [3.63, 3.8) is 0 Å². The fraction of sp³-hybridized carbons (Fsp3) is 0.409. The van der Waals surface area contributed by atoms with Gasteiger partial charge in [0, 0.05) is 6.07 Å². The minimum absolute atomic E-state index is 0.00702. The number of carbonyl (C=O) groups excluding carboxylic acids is 1. The van der Waals surface area contributed by atoms with Gasteiger partial charge in [0.2, 0.25) is 0 Å². The zero-order chi connectivity index (χ0) is 20.9. The van der Waals surface area contributed by atoms with Crippen LogP contribution in [0, 0.1) is 5.92 Å². The van der Waals surface area contributed by atoms with Crippen molar-refractivity contribution in [1.29, 1.82) is 0 Å². The molecule has 29 heavy (non-hydrogen) atoms. The van der Waals surface area contributed by atoms with Crippen LogP contribution in [-0.2, 0) is 16.1 Å². The maximum atomic E-state index is 12.6. The molecule has 7 heteroatoms. The Morgan fingerprint density at radius 1 is 1.07 bits per heavy atom. The van der Waals surface area contributed by atoms with Gasteiger partial charge < -0.3 is 14.2 Å². The van der Waals surface area contributed by atoms with Crippen LogP contribution < -0.4 is 9.47 Å². The van der Waals surface area contributed by atoms with Crippen LogP contribution in [0.15, 0.2) is 48.5 Å². The summed E-state index contributed by atoms with van der Waals surface area (Å²) in [4.78, 5) is 12.3. The SMILES string of the molecule is COC(=O)C(CC1CC1)c1cc(OCc2ccccc2)cc(OCC(F)(F)F)c1. The van der Waals surface area contributed by atoms with Gasteiger partial charge in [-0.1, -0.05) is 43.2 Å². The quantitative estimate of drug-likeness (QED) is 0.531. The third-order valence-electron chi connectivity index (χ3n) is 4.71. The Labute approximate surface area is 167 Å². The first kappa shape index (κ1) is 21.0. The molecule has 4 nitrogen and oxygen atoms in total. The van der Waals surface area contributed by atoms with E-state index in [1.807, 2.05) is 30.3 Å². The number of rotatable bonds is 9. The van der Waals surface area contributed by atoms with Crippen molar-refractivity contribution in [1.82, 2.24) is 0 Å². The molecule has 156 valence electrons. The summed E-state index contributed by atoms with van der Waals surface area (Å²) in [5, 5.41) is 0. The predicted molar refractivity (Wildman–Crippen MR) is 101 cm³/mol. The molecule has 1 atom stereocenters. The Hall–Kier alpha value is -2.70. The third-order valence-corrected chi connectivity index (χ3v) is 4.71. The van der Waals surface area contributed by atoms with Crippen molar-refractivity contribution in [2.45, 2.75) is 38.0 Å². The molecule has 1 aliphatic rings. The number of benzene rings is 2. The van der Waals surface area contributed by atoms with Gasteiger partial charge in [0.05, 0.1) is 13.0 Å². The Bertz CT molecular complexity index is 817. The lowest BCUT2D eigenvalue weighted by atomic mass is 9.93. The normalized spacial score (nSPS) is 14.9. The molecule has 0 aliphatic heterocycles. The van der Waals surface area contributed by atoms with E-state index in [2.05, 4.69) is 0 Å². The molecule has 1 saturated carbocycles. The van der Waals surface area contributed by atoms with E-state index in [1.54, 1.807) is 6.07 Å². The molecule has 2 aromatic carbocycles. The summed E-state index contributed by atoms with van der Waals surface area (Å²) in [6, 6.07) is 13.9. The van der Waals surface area contributed by atoms with Gasteiger partial charge in [-0.05, 0) is 35.6 Å². The molecule has 0 aromatic heterocycles. The van der Waals surface area contributed by atoms with Gasteiger partial charge in [-0.3, -0.25) is 4.79 Å². The summed E-state index contributed by atoms with van der Waals surface area (Å²) < 4.78 is 53.4. The molecule has 0 amide bonds. The van der Waals surface area contributed by atoms with Gasteiger partial charge in [0.25, 0.3) is 0 Å². The highest BCUT2D eigenvalue weighted by molar-refractivity contribution is 5.78. The first-order valence-corrected chi connectivity index (χ1v) is 9.43. The molecular weight excluding hydrogens is 385 g/mol. The number of hydrogen-bond donors (Lipinski definition) is 0. The lowest BCUT2D eigenvalue weighted by Gasteiger charge is -2.18. The standard InChI is InChI=1S/C22H23F3O4/c1-27-21(26)20(9-15-7-8-15)17-10-18(28-13-16-5-3-2-4-6-16)12-19(11-17)29-14-22(23,24)25/h2-6,10-12,15,20H,7-9,13-14H2,1H3. The van der Waals surface area contributed by atoms with Gasteiger partial charge in [-0.2, -0.15) is 13.2 Å². The largest absolute Gasteiger partial charge is 0.489 e. The fourth-order valence-corrected chi connectivity index (χ4v) is 3.07. The molecule has 0 saturated heterocycles. The average molecular weight is 408 g/mol. The molecule has 3 rings (SSSR count). The van der Waals surface area contributed by atoms with Crippen molar-refractivity contribution < 1.29 is 32.2 Å². The van der Waals surface area contributed by atoms with E-state index in [0.29, 0.717) is 23.7 Å². The van der Waals surface area contributed by atoms with Crippen LogP contribution in [0.1, 0.15) is 36.3 Å². The number of methoxy groups -OCH3 is 1. The number of alkyl halides is 3. The Morgan fingerprint density at radius 2 is 1.72 bits per heavy atom. The molecule has 0 heterocycles. The molecule has 0 bridgehead atoms. The van der Waals surface area contributed by atoms with Crippen molar-refractivity contribution in [3.05, 3.63) is 59.7 Å². The Balaban J connectivity index is 1.84. The second-order valence-electron chi connectivity index (χ2n) is 7.17. The van der Waals surface area contributed by atoms with Crippen molar-refractivity contribution in [2.24, 2.45) is 5.92 Å². The van der Waals surface area contributed by atoms with Gasteiger partial charge >= 0.3 is 12.1 Å². The van der Waals surface area contributed by atoms with Gasteiger partial charge in [0.15, 0.2) is 6.61 Å². The van der Waals surface area contributed by atoms with Crippen LogP contribution in [0.5, 0.6) is 11.5 Å². The van der Waals surface area contributed by atoms with Crippen LogP contribution in [0.3, 0.4) is 0 Å². The number of ether oxygens (including phenoxy) is 3. The molecule has 1 unspecified atom stereocenters. The fourth-order valence-electron chi connectivity index (χ4n) is 3.07. The number of esters is 1. The lowest BCUT2D eigenvalue weighted by molar-refractivity contribution is -0.153. The van der Waals surface area contributed by atoms with E-state index in [-0.39, 0.29) is 12.4 Å². The molecule has 0 N–H and O–H groups in total. The summed E-state index contributed by atoms with van der Waals surface area (Å²) in [5.74, 6) is -0.215. The summed E-state index contributed by atoms with van der Waals surface area (Å²) in [6.07, 6.45) is -1.80. The number of halogens is 3. The molecule has 1 fully saturated rings. The van der Waals surface area contributed by atoms with Crippen LogP contribution >= 0.6 is 0 Å². The maximum Gasteiger partial charge on any atom is 0.422 e. The van der Waals surface area contributed by atoms with E-state index in [1.165, 1.54) is 19.2 Å². The summed E-state index contributed by atoms with van der Waals surface area (Å²) in [6.45, 7) is -1.17. The molecule has 0 radical (unpaired) electrons. The summed E-state index contributed by atoms with van der Waals surface area (Å²) in [7, 11) is 1.30. The van der Waals surface area contributed by atoms with Crippen molar-refractivity contribution >= 4 is 5.97 Å². The Morgan fingerprint density at radius 3 is 2.31 bits per heavy atom. The van der Waals surface area contributed by atoms with Crippen LogP contribution in [0.4, 0.5) is 13.2 Å². The molecule has 1 aliphatic carbocycles. The zero-order valence-electron chi connectivity index (χ0n) is 16.1. The summed E-state index contributed by atoms with van der Waals surface area (Å²) >= 11 is 0. The van der Waals surface area contributed by atoms with Crippen molar-refractivity contribution in [3.8, 4) is 11.5 Å². The second kappa shape index (κ2) is 9.20.